The number of phenols is 1. The number of nitro groups is 1. The van der Waals surface area contributed by atoms with E-state index in [9.17, 15) is 54.1 Å². The number of ether oxygens (including phenoxy) is 1. The molecule has 6 N–H and O–H groups in total. The molecule has 0 saturated heterocycles. The number of benzene rings is 4. The van der Waals surface area contributed by atoms with Crippen LogP contribution >= 0.6 is 0 Å². The molecule has 22 heteroatoms. The van der Waals surface area contributed by atoms with Gasteiger partial charge in [0.25, 0.3) is 36.0 Å². The number of rotatable bonds is 9. The Labute approximate surface area is 252 Å². The minimum atomic E-state index is -5.17. The van der Waals surface area contributed by atoms with Gasteiger partial charge in [-0.3, -0.25) is 23.8 Å². The van der Waals surface area contributed by atoms with Crippen LogP contribution in [-0.4, -0.2) is 56.1 Å². The van der Waals surface area contributed by atoms with E-state index in [2.05, 4.69) is 20.5 Å². The SMILES string of the molecule is COc1cc(S(=O)(=O)O)ccc1N=Nc1c(S(=O)(=O)O)cc2c(N=Nc3ccc(S(=O)(=O)O)cc3[N+](=O)[O-])c(N)ccc2c1O. The van der Waals surface area contributed by atoms with E-state index < -0.39 is 72.8 Å². The van der Waals surface area contributed by atoms with Crippen molar-refractivity contribution in [3.8, 4) is 11.5 Å². The summed E-state index contributed by atoms with van der Waals surface area (Å²) in [6, 6.07) is 8.33. The molecule has 0 radical (unpaired) electrons. The van der Waals surface area contributed by atoms with E-state index in [-0.39, 0.29) is 33.6 Å². The van der Waals surface area contributed by atoms with Crippen LogP contribution in [0.1, 0.15) is 0 Å². The zero-order valence-corrected chi connectivity index (χ0v) is 24.6. The second kappa shape index (κ2) is 11.8. The molecular weight excluding hydrogens is 664 g/mol. The number of methoxy groups -OCH3 is 1. The first kappa shape index (κ1) is 32.8. The Morgan fingerprint density at radius 3 is 1.84 bits per heavy atom. The average molecular weight is 683 g/mol. The van der Waals surface area contributed by atoms with Crippen molar-refractivity contribution in [1.29, 1.82) is 0 Å². The van der Waals surface area contributed by atoms with Gasteiger partial charge in [-0.1, -0.05) is 0 Å². The van der Waals surface area contributed by atoms with Gasteiger partial charge in [-0.05, 0) is 42.5 Å². The van der Waals surface area contributed by atoms with Crippen molar-refractivity contribution < 1.29 is 53.7 Å². The molecule has 0 aliphatic rings. The highest BCUT2D eigenvalue weighted by atomic mass is 32.2. The monoisotopic (exact) mass is 682 g/mol. The highest BCUT2D eigenvalue weighted by molar-refractivity contribution is 7.86. The van der Waals surface area contributed by atoms with Crippen LogP contribution < -0.4 is 10.5 Å². The van der Waals surface area contributed by atoms with E-state index in [0.29, 0.717) is 6.07 Å². The van der Waals surface area contributed by atoms with Crippen molar-refractivity contribution in [2.24, 2.45) is 20.5 Å². The van der Waals surface area contributed by atoms with Crippen molar-refractivity contribution >= 4 is 75.3 Å². The summed E-state index contributed by atoms with van der Waals surface area (Å²) >= 11 is 0. The second-order valence-corrected chi connectivity index (χ2v) is 13.0. The number of hydrogen-bond acceptors (Lipinski definition) is 15. The van der Waals surface area contributed by atoms with Gasteiger partial charge < -0.3 is 15.6 Å². The zero-order valence-electron chi connectivity index (χ0n) is 22.2. The Hall–Kier alpha value is -5.13. The highest BCUT2D eigenvalue weighted by Crippen LogP contribution is 2.46. The Morgan fingerprint density at radius 2 is 1.29 bits per heavy atom. The lowest BCUT2D eigenvalue weighted by atomic mass is 10.1. The zero-order chi connectivity index (χ0) is 33.5. The first-order valence-electron chi connectivity index (χ1n) is 11.6. The van der Waals surface area contributed by atoms with Crippen molar-refractivity contribution in [3.63, 3.8) is 0 Å². The van der Waals surface area contributed by atoms with Crippen LogP contribution in [0.25, 0.3) is 10.8 Å². The Bertz CT molecular complexity index is 2290. The summed E-state index contributed by atoms with van der Waals surface area (Å²) in [6.07, 6.45) is 0. The van der Waals surface area contributed by atoms with Gasteiger partial charge >= 0.3 is 0 Å². The number of phenolic OH excluding ortho intramolecular Hbond substituents is 1. The molecule has 4 rings (SSSR count). The molecule has 0 saturated carbocycles. The molecule has 4 aromatic rings. The smallest absolute Gasteiger partial charge is 0.298 e. The second-order valence-electron chi connectivity index (χ2n) is 8.74. The molecule has 0 aliphatic heterocycles. The van der Waals surface area contributed by atoms with E-state index in [0.717, 1.165) is 43.5 Å². The maximum Gasteiger partial charge on any atom is 0.298 e. The lowest BCUT2D eigenvalue weighted by Crippen LogP contribution is -2.00. The largest absolute Gasteiger partial charge is 0.505 e. The number of hydrogen-bond donors (Lipinski definition) is 5. The number of aromatic hydroxyl groups is 1. The molecule has 0 fully saturated rings. The molecule has 0 heterocycles. The van der Waals surface area contributed by atoms with Crippen molar-refractivity contribution in [3.05, 3.63) is 64.7 Å². The summed E-state index contributed by atoms with van der Waals surface area (Å²) in [6.45, 7) is 0. The van der Waals surface area contributed by atoms with Crippen molar-refractivity contribution in [1.82, 2.24) is 0 Å². The fourth-order valence-electron chi connectivity index (χ4n) is 3.83. The molecule has 0 bridgehead atoms. The van der Waals surface area contributed by atoms with Gasteiger partial charge in [-0.15, -0.1) is 20.5 Å². The van der Waals surface area contributed by atoms with Gasteiger partial charge in [0, 0.05) is 22.9 Å². The fourth-order valence-corrected chi connectivity index (χ4v) is 5.47. The molecule has 4 aromatic carbocycles. The van der Waals surface area contributed by atoms with E-state index in [1.807, 2.05) is 0 Å². The number of nitro benzene ring substituents is 1. The lowest BCUT2D eigenvalue weighted by Gasteiger charge is -2.12. The summed E-state index contributed by atoms with van der Waals surface area (Å²) in [5.41, 5.74) is 3.12. The molecule has 19 nitrogen and oxygen atoms in total. The predicted octanol–water partition coefficient (Wildman–Crippen LogP) is 4.62. The van der Waals surface area contributed by atoms with Crippen molar-refractivity contribution in [2.45, 2.75) is 14.7 Å². The molecule has 0 aromatic heterocycles. The van der Waals surface area contributed by atoms with Crippen LogP contribution in [0, 0.1) is 10.1 Å². The van der Waals surface area contributed by atoms with Crippen LogP contribution in [0.2, 0.25) is 0 Å². The molecule has 45 heavy (non-hydrogen) atoms. The van der Waals surface area contributed by atoms with Crippen LogP contribution in [0.15, 0.2) is 89.7 Å². The third kappa shape index (κ3) is 6.84. The normalized spacial score (nSPS) is 12.7. The van der Waals surface area contributed by atoms with E-state index in [4.69, 9.17) is 10.5 Å². The third-order valence-electron chi connectivity index (χ3n) is 5.92. The van der Waals surface area contributed by atoms with Gasteiger partial charge in [-0.2, -0.15) is 25.3 Å². The number of nitrogen functional groups attached to an aromatic ring is 1. The highest BCUT2D eigenvalue weighted by Gasteiger charge is 2.25. The Morgan fingerprint density at radius 1 is 0.733 bits per heavy atom. The minimum absolute atomic E-state index is 0.163. The minimum Gasteiger partial charge on any atom is -0.505 e. The summed E-state index contributed by atoms with van der Waals surface area (Å²) in [4.78, 5) is 8.15. The maximum absolute atomic E-state index is 12.3. The number of nitrogens with two attached hydrogens (primary N) is 1. The summed E-state index contributed by atoms with van der Waals surface area (Å²) in [7, 11) is -13.5. The van der Waals surface area contributed by atoms with Gasteiger partial charge in [0.2, 0.25) is 0 Å². The molecule has 0 spiro atoms. The van der Waals surface area contributed by atoms with Crippen LogP contribution in [0.3, 0.4) is 0 Å². The van der Waals surface area contributed by atoms with E-state index >= 15 is 0 Å². The quantitative estimate of drug-likeness (QED) is 0.0529. The fraction of sp³-hybridized carbons (Fsp3) is 0.0435. The van der Waals surface area contributed by atoms with Gasteiger partial charge in [-0.25, -0.2) is 0 Å². The first-order chi connectivity index (χ1) is 20.8. The Balaban J connectivity index is 1.91. The van der Waals surface area contributed by atoms with Gasteiger partial charge in [0.15, 0.2) is 11.4 Å². The molecular formula is C23H18N6O13S3. The van der Waals surface area contributed by atoms with E-state index in [1.54, 1.807) is 0 Å². The number of anilines is 1. The lowest BCUT2D eigenvalue weighted by molar-refractivity contribution is -0.384. The number of azo groups is 2. The van der Waals surface area contributed by atoms with Crippen LogP contribution in [0.5, 0.6) is 11.5 Å². The van der Waals surface area contributed by atoms with Gasteiger partial charge in [0.1, 0.15) is 32.6 Å². The molecule has 0 aliphatic carbocycles. The average Bonchev–Trinajstić information content (AvgIpc) is 2.94. The summed E-state index contributed by atoms with van der Waals surface area (Å²) in [5, 5.41) is 37.2. The number of nitrogens with zero attached hydrogens (tertiary/aromatic N) is 5. The predicted molar refractivity (Wildman–Crippen MR) is 154 cm³/mol. The molecule has 0 unspecified atom stereocenters. The molecule has 236 valence electrons. The topological polar surface area (TPSA) is 311 Å². The van der Waals surface area contributed by atoms with Crippen molar-refractivity contribution in [2.75, 3.05) is 12.8 Å². The van der Waals surface area contributed by atoms with Crippen LogP contribution in [-0.2, 0) is 30.4 Å². The third-order valence-corrected chi connectivity index (χ3v) is 8.49. The standard InChI is InChI=1S/C23H18N6O13S3/c1-42-19-9-12(44(36,37)38)3-7-17(19)26-28-22-20(45(39,40)41)10-14-13(23(22)30)4-5-15(24)21(14)27-25-16-6-2-11(43(33,34)35)8-18(16)29(31)32/h2-10,30H,24H2,1H3,(H,33,34,35)(H,36,37,38)(H,39,40,41). The summed E-state index contributed by atoms with van der Waals surface area (Å²) < 4.78 is 104. The van der Waals surface area contributed by atoms with Crippen LogP contribution in [0.4, 0.5) is 34.1 Å². The molecule has 0 amide bonds. The summed E-state index contributed by atoms with van der Waals surface area (Å²) in [5.74, 6) is -1.09. The molecule has 0 atom stereocenters. The number of fused-ring (bicyclic) bond motifs is 1. The van der Waals surface area contributed by atoms with Gasteiger partial charge in [0.05, 0.1) is 22.6 Å². The Kier molecular flexibility index (Phi) is 8.56. The maximum atomic E-state index is 12.3. The first-order valence-corrected chi connectivity index (χ1v) is 16.0. The van der Waals surface area contributed by atoms with E-state index in [1.165, 1.54) is 12.1 Å².